The topological polar surface area (TPSA) is 77.1 Å². The summed E-state index contributed by atoms with van der Waals surface area (Å²) in [7, 11) is -1.91. The predicted octanol–water partition coefficient (Wildman–Crippen LogP) is 2.70. The van der Waals surface area contributed by atoms with Gasteiger partial charge in [0.05, 0.1) is 10.7 Å². The lowest BCUT2D eigenvalue weighted by atomic mass is 10.3. The largest absolute Gasteiger partial charge is 0.352 e. The second-order valence-electron chi connectivity index (χ2n) is 4.22. The molecule has 0 aliphatic rings. The predicted molar refractivity (Wildman–Crippen MR) is 83.3 cm³/mol. The van der Waals surface area contributed by atoms with Gasteiger partial charge in [0, 0.05) is 30.0 Å². The number of hydrogen-bond donors (Lipinski definition) is 2. The Balaban J connectivity index is 2.32. The third-order valence-corrected chi connectivity index (χ3v) is 5.35. The highest BCUT2D eigenvalue weighted by atomic mass is 79.9. The van der Waals surface area contributed by atoms with Crippen molar-refractivity contribution in [3.05, 3.63) is 45.7 Å². The molecular formula is C12H13BrClN3O2S. The van der Waals surface area contributed by atoms with Gasteiger partial charge in [-0.25, -0.2) is 8.42 Å². The van der Waals surface area contributed by atoms with Gasteiger partial charge in [-0.3, -0.25) is 4.72 Å². The van der Waals surface area contributed by atoms with E-state index in [0.717, 1.165) is 5.69 Å². The molecule has 3 N–H and O–H groups in total. The maximum atomic E-state index is 12.3. The number of sulfonamides is 1. The monoisotopic (exact) mass is 377 g/mol. The van der Waals surface area contributed by atoms with Crippen LogP contribution in [0.15, 0.2) is 39.8 Å². The normalized spacial score (nSPS) is 11.6. The first-order valence-electron chi connectivity index (χ1n) is 5.66. The molecule has 0 saturated heterocycles. The second-order valence-corrected chi connectivity index (χ2v) is 7.16. The Labute approximate surface area is 130 Å². The molecule has 2 aromatic rings. The van der Waals surface area contributed by atoms with Crippen molar-refractivity contribution in [1.82, 2.24) is 4.57 Å². The lowest BCUT2D eigenvalue weighted by Gasteiger charge is -2.07. The molecule has 0 spiro atoms. The number of benzene rings is 1. The molecule has 0 amide bonds. The Hall–Kier alpha value is -1.02. The average molecular weight is 379 g/mol. The van der Waals surface area contributed by atoms with Gasteiger partial charge >= 0.3 is 0 Å². The van der Waals surface area contributed by atoms with Crippen LogP contribution in [0.5, 0.6) is 0 Å². The molecule has 0 aliphatic carbocycles. The van der Waals surface area contributed by atoms with Crippen molar-refractivity contribution in [2.24, 2.45) is 12.8 Å². The van der Waals surface area contributed by atoms with Crippen LogP contribution in [0.2, 0.25) is 5.02 Å². The highest BCUT2D eigenvalue weighted by molar-refractivity contribution is 9.10. The van der Waals surface area contributed by atoms with Gasteiger partial charge in [-0.05, 0) is 40.2 Å². The molecule has 8 heteroatoms. The molecule has 0 radical (unpaired) electrons. The summed E-state index contributed by atoms with van der Waals surface area (Å²) in [6.45, 7) is 0.274. The molecule has 0 aliphatic heterocycles. The van der Waals surface area contributed by atoms with E-state index < -0.39 is 10.0 Å². The van der Waals surface area contributed by atoms with Crippen molar-refractivity contribution >= 4 is 43.2 Å². The summed E-state index contributed by atoms with van der Waals surface area (Å²) in [4.78, 5) is 0.166. The van der Waals surface area contributed by atoms with Crippen LogP contribution in [0.4, 0.5) is 5.69 Å². The first-order chi connectivity index (χ1) is 9.33. The van der Waals surface area contributed by atoms with E-state index >= 15 is 0 Å². The molecule has 0 saturated carbocycles. The van der Waals surface area contributed by atoms with Crippen molar-refractivity contribution in [3.8, 4) is 0 Å². The molecule has 1 aromatic heterocycles. The summed E-state index contributed by atoms with van der Waals surface area (Å²) in [5.41, 5.74) is 6.67. The maximum Gasteiger partial charge on any atom is 0.263 e. The smallest absolute Gasteiger partial charge is 0.263 e. The van der Waals surface area contributed by atoms with Crippen molar-refractivity contribution in [2.75, 3.05) is 4.72 Å². The molecule has 5 nitrogen and oxygen atoms in total. The Morgan fingerprint density at radius 2 is 2.10 bits per heavy atom. The van der Waals surface area contributed by atoms with Crippen LogP contribution in [0, 0.1) is 0 Å². The summed E-state index contributed by atoms with van der Waals surface area (Å²) in [6, 6.07) is 6.38. The number of anilines is 1. The lowest BCUT2D eigenvalue weighted by Crippen LogP contribution is -2.12. The van der Waals surface area contributed by atoms with Gasteiger partial charge in [-0.15, -0.1) is 0 Å². The number of aryl methyl sites for hydroxylation is 1. The fraction of sp³-hybridized carbons (Fsp3) is 0.167. The number of aromatic nitrogens is 1. The van der Waals surface area contributed by atoms with Crippen LogP contribution in [-0.4, -0.2) is 13.0 Å². The number of nitrogens with one attached hydrogen (secondary N) is 1. The zero-order valence-electron chi connectivity index (χ0n) is 10.6. The second kappa shape index (κ2) is 5.77. The van der Waals surface area contributed by atoms with Gasteiger partial charge in [-0.2, -0.15) is 0 Å². The Morgan fingerprint density at radius 1 is 1.40 bits per heavy atom. The number of halogens is 2. The molecule has 108 valence electrons. The molecule has 2 rings (SSSR count). The zero-order chi connectivity index (χ0) is 14.9. The van der Waals surface area contributed by atoms with Gasteiger partial charge in [0.25, 0.3) is 10.0 Å². The Bertz CT molecular complexity index is 743. The summed E-state index contributed by atoms with van der Waals surface area (Å²) < 4.78 is 29.4. The molecule has 0 bridgehead atoms. The number of hydrogen-bond acceptors (Lipinski definition) is 3. The van der Waals surface area contributed by atoms with Crippen LogP contribution in [0.3, 0.4) is 0 Å². The minimum atomic E-state index is -3.66. The van der Waals surface area contributed by atoms with Gasteiger partial charge < -0.3 is 10.3 Å². The quantitative estimate of drug-likeness (QED) is 0.858. The SMILES string of the molecule is Cn1cc(S(=O)(=O)Nc2ccc(Br)c(Cl)c2)cc1CN. The lowest BCUT2D eigenvalue weighted by molar-refractivity contribution is 0.601. The van der Waals surface area contributed by atoms with Crippen LogP contribution in [0.25, 0.3) is 0 Å². The minimum absolute atomic E-state index is 0.166. The van der Waals surface area contributed by atoms with E-state index in [1.54, 1.807) is 29.8 Å². The molecular weight excluding hydrogens is 366 g/mol. The van der Waals surface area contributed by atoms with Crippen LogP contribution < -0.4 is 10.5 Å². The van der Waals surface area contributed by atoms with E-state index in [0.29, 0.717) is 15.2 Å². The van der Waals surface area contributed by atoms with Crippen LogP contribution in [0.1, 0.15) is 5.69 Å². The number of rotatable bonds is 4. The Kier molecular flexibility index (Phi) is 4.43. The first kappa shape index (κ1) is 15.4. The van der Waals surface area contributed by atoms with Gasteiger partial charge in [0.2, 0.25) is 0 Å². The summed E-state index contributed by atoms with van der Waals surface area (Å²) in [5.74, 6) is 0. The maximum absolute atomic E-state index is 12.3. The highest BCUT2D eigenvalue weighted by Gasteiger charge is 2.17. The third-order valence-electron chi connectivity index (χ3n) is 2.77. The standard InChI is InChI=1S/C12H13BrClN3O2S/c1-17-7-10(5-9(17)6-15)20(18,19)16-8-2-3-11(13)12(14)4-8/h2-5,7,16H,6,15H2,1H3. The van der Waals surface area contributed by atoms with Crippen molar-refractivity contribution in [1.29, 1.82) is 0 Å². The van der Waals surface area contributed by atoms with Crippen LogP contribution >= 0.6 is 27.5 Å². The molecule has 0 atom stereocenters. The van der Waals surface area contributed by atoms with E-state index in [4.69, 9.17) is 17.3 Å². The fourth-order valence-electron chi connectivity index (χ4n) is 1.70. The summed E-state index contributed by atoms with van der Waals surface area (Å²) >= 11 is 9.19. The first-order valence-corrected chi connectivity index (χ1v) is 8.32. The number of nitrogens with two attached hydrogens (primary N) is 1. The van der Waals surface area contributed by atoms with E-state index in [1.807, 2.05) is 0 Å². The molecule has 20 heavy (non-hydrogen) atoms. The van der Waals surface area contributed by atoms with Crippen molar-refractivity contribution in [2.45, 2.75) is 11.4 Å². The average Bonchev–Trinajstić information content (AvgIpc) is 2.76. The minimum Gasteiger partial charge on any atom is -0.352 e. The van der Waals surface area contributed by atoms with Gasteiger partial charge in [-0.1, -0.05) is 11.6 Å². The fourth-order valence-corrected chi connectivity index (χ4v) is 3.27. The van der Waals surface area contributed by atoms with E-state index in [1.165, 1.54) is 12.3 Å². The van der Waals surface area contributed by atoms with Gasteiger partial charge in [0.1, 0.15) is 4.90 Å². The Morgan fingerprint density at radius 3 is 2.65 bits per heavy atom. The van der Waals surface area contributed by atoms with Crippen molar-refractivity contribution < 1.29 is 8.42 Å². The van der Waals surface area contributed by atoms with E-state index in [2.05, 4.69) is 20.7 Å². The third kappa shape index (κ3) is 3.17. The van der Waals surface area contributed by atoms with Crippen LogP contribution in [-0.2, 0) is 23.6 Å². The molecule has 1 aromatic carbocycles. The number of nitrogens with zero attached hydrogens (tertiary/aromatic N) is 1. The highest BCUT2D eigenvalue weighted by Crippen LogP contribution is 2.27. The summed E-state index contributed by atoms with van der Waals surface area (Å²) in [5, 5.41) is 0.431. The van der Waals surface area contributed by atoms with Crippen molar-refractivity contribution in [3.63, 3.8) is 0 Å². The molecule has 1 heterocycles. The summed E-state index contributed by atoms with van der Waals surface area (Å²) in [6.07, 6.45) is 1.52. The molecule has 0 fully saturated rings. The van der Waals surface area contributed by atoms with E-state index in [9.17, 15) is 8.42 Å². The van der Waals surface area contributed by atoms with Gasteiger partial charge in [0.15, 0.2) is 0 Å². The molecule has 0 unspecified atom stereocenters. The van der Waals surface area contributed by atoms with E-state index in [-0.39, 0.29) is 11.4 Å². The zero-order valence-corrected chi connectivity index (χ0v) is 13.8.